The highest BCUT2D eigenvalue weighted by molar-refractivity contribution is 7.99. The SMILES string of the molecule is Cc1c(C#N)c(NC(=O)CSc2nccn2-c2ccccc2C(C)C)n(CC2CCCO2)c1C. The molecule has 3 aromatic rings. The van der Waals surface area contributed by atoms with Crippen molar-refractivity contribution in [1.82, 2.24) is 14.1 Å². The Morgan fingerprint density at radius 1 is 1.35 bits per heavy atom. The number of amides is 1. The van der Waals surface area contributed by atoms with Crippen molar-refractivity contribution in [3.05, 3.63) is 59.0 Å². The maximum Gasteiger partial charge on any atom is 0.235 e. The first-order valence-corrected chi connectivity index (χ1v) is 12.7. The zero-order valence-corrected chi connectivity index (χ0v) is 21.0. The molecular weight excluding hydrogens is 446 g/mol. The molecule has 1 atom stereocenters. The van der Waals surface area contributed by atoms with Gasteiger partial charge in [0.15, 0.2) is 5.16 Å². The van der Waals surface area contributed by atoms with E-state index in [2.05, 4.69) is 42.4 Å². The predicted octanol–water partition coefficient (Wildman–Crippen LogP) is 5.20. The Labute approximate surface area is 205 Å². The molecule has 0 spiro atoms. The molecule has 0 saturated carbocycles. The molecule has 1 N–H and O–H groups in total. The van der Waals surface area contributed by atoms with Crippen molar-refractivity contribution in [3.8, 4) is 11.8 Å². The van der Waals surface area contributed by atoms with Gasteiger partial charge in [-0.1, -0.05) is 43.8 Å². The molecule has 1 saturated heterocycles. The lowest BCUT2D eigenvalue weighted by atomic mass is 10.0. The average molecular weight is 478 g/mol. The quantitative estimate of drug-likeness (QED) is 0.451. The van der Waals surface area contributed by atoms with E-state index < -0.39 is 0 Å². The van der Waals surface area contributed by atoms with Crippen molar-refractivity contribution in [1.29, 1.82) is 5.26 Å². The number of para-hydroxylation sites is 1. The molecule has 2 aromatic heterocycles. The van der Waals surface area contributed by atoms with E-state index in [4.69, 9.17) is 4.74 Å². The topological polar surface area (TPSA) is 84.9 Å². The number of carbonyl (C=O) groups is 1. The van der Waals surface area contributed by atoms with Crippen LogP contribution in [-0.4, -0.2) is 38.5 Å². The summed E-state index contributed by atoms with van der Waals surface area (Å²) in [7, 11) is 0. The van der Waals surface area contributed by atoms with Gasteiger partial charge in [-0.2, -0.15) is 5.26 Å². The summed E-state index contributed by atoms with van der Waals surface area (Å²) in [6.07, 6.45) is 5.82. The lowest BCUT2D eigenvalue weighted by Crippen LogP contribution is -2.22. The lowest BCUT2D eigenvalue weighted by molar-refractivity contribution is -0.113. The van der Waals surface area contributed by atoms with Crippen molar-refractivity contribution in [2.45, 2.75) is 64.3 Å². The Morgan fingerprint density at radius 2 is 2.15 bits per heavy atom. The fourth-order valence-corrected chi connectivity index (χ4v) is 5.19. The van der Waals surface area contributed by atoms with Gasteiger partial charge in [-0.25, -0.2) is 4.98 Å². The highest BCUT2D eigenvalue weighted by Gasteiger charge is 2.24. The van der Waals surface area contributed by atoms with E-state index in [1.54, 1.807) is 6.20 Å². The summed E-state index contributed by atoms with van der Waals surface area (Å²) >= 11 is 1.38. The Bertz CT molecular complexity index is 1210. The standard InChI is InChI=1S/C26H31N5O2S/c1-17(2)21-9-5-6-10-23(21)30-12-11-28-26(30)34-16-24(32)29-25-22(14-27)18(3)19(4)31(25)15-20-8-7-13-33-20/h5-6,9-12,17,20H,7-8,13,15-16H2,1-4H3,(H,29,32). The van der Waals surface area contributed by atoms with Gasteiger partial charge in [0.05, 0.1) is 29.7 Å². The summed E-state index contributed by atoms with van der Waals surface area (Å²) in [5, 5.41) is 13.5. The van der Waals surface area contributed by atoms with Crippen molar-refractivity contribution in [2.75, 3.05) is 17.7 Å². The number of imidazole rings is 1. The maximum atomic E-state index is 13.0. The van der Waals surface area contributed by atoms with E-state index in [1.807, 2.05) is 41.3 Å². The molecule has 178 valence electrons. The number of thioether (sulfide) groups is 1. The fourth-order valence-electron chi connectivity index (χ4n) is 4.42. The minimum Gasteiger partial charge on any atom is -0.376 e. The van der Waals surface area contributed by atoms with E-state index in [-0.39, 0.29) is 17.8 Å². The second kappa shape index (κ2) is 10.5. The van der Waals surface area contributed by atoms with Crippen LogP contribution in [-0.2, 0) is 16.1 Å². The predicted molar refractivity (Wildman–Crippen MR) is 135 cm³/mol. The van der Waals surface area contributed by atoms with Gasteiger partial charge >= 0.3 is 0 Å². The molecule has 7 nitrogen and oxygen atoms in total. The van der Waals surface area contributed by atoms with E-state index in [0.717, 1.165) is 41.5 Å². The molecule has 1 aromatic carbocycles. The monoisotopic (exact) mass is 477 g/mol. The maximum absolute atomic E-state index is 13.0. The number of anilines is 1. The van der Waals surface area contributed by atoms with Crippen LogP contribution in [0.2, 0.25) is 0 Å². The van der Waals surface area contributed by atoms with Crippen LogP contribution in [0.4, 0.5) is 5.82 Å². The summed E-state index contributed by atoms with van der Waals surface area (Å²) in [6, 6.07) is 10.5. The molecule has 1 aliphatic heterocycles. The number of hydrogen-bond donors (Lipinski definition) is 1. The minimum atomic E-state index is -0.167. The Morgan fingerprint density at radius 3 is 2.85 bits per heavy atom. The highest BCUT2D eigenvalue weighted by Crippen LogP contribution is 2.30. The van der Waals surface area contributed by atoms with Gasteiger partial charge in [0.1, 0.15) is 11.9 Å². The molecule has 0 bridgehead atoms. The molecule has 1 unspecified atom stereocenters. The van der Waals surface area contributed by atoms with Crippen LogP contribution in [0.5, 0.6) is 0 Å². The largest absolute Gasteiger partial charge is 0.376 e. The number of nitriles is 1. The first-order valence-electron chi connectivity index (χ1n) is 11.7. The van der Waals surface area contributed by atoms with E-state index in [1.165, 1.54) is 17.3 Å². The number of carbonyl (C=O) groups excluding carboxylic acids is 1. The van der Waals surface area contributed by atoms with Crippen molar-refractivity contribution < 1.29 is 9.53 Å². The van der Waals surface area contributed by atoms with Crippen LogP contribution in [0.3, 0.4) is 0 Å². The zero-order chi connectivity index (χ0) is 24.2. The number of aromatic nitrogens is 3. The van der Waals surface area contributed by atoms with Crippen LogP contribution in [0, 0.1) is 25.2 Å². The highest BCUT2D eigenvalue weighted by atomic mass is 32.2. The van der Waals surface area contributed by atoms with Crippen LogP contribution in [0.15, 0.2) is 41.8 Å². The van der Waals surface area contributed by atoms with Crippen molar-refractivity contribution >= 4 is 23.5 Å². The number of benzene rings is 1. The normalized spacial score (nSPS) is 15.6. The van der Waals surface area contributed by atoms with Crippen LogP contribution < -0.4 is 5.32 Å². The van der Waals surface area contributed by atoms with Gasteiger partial charge in [-0.3, -0.25) is 9.36 Å². The molecule has 0 radical (unpaired) electrons. The number of ether oxygens (including phenoxy) is 1. The molecule has 0 aliphatic carbocycles. The smallest absolute Gasteiger partial charge is 0.235 e. The van der Waals surface area contributed by atoms with Gasteiger partial charge in [-0.15, -0.1) is 0 Å². The summed E-state index contributed by atoms with van der Waals surface area (Å²) in [4.78, 5) is 17.5. The summed E-state index contributed by atoms with van der Waals surface area (Å²) in [6.45, 7) is 9.64. The first-order chi connectivity index (χ1) is 16.4. The molecule has 1 aliphatic rings. The molecule has 3 heterocycles. The number of rotatable bonds is 8. The van der Waals surface area contributed by atoms with Gasteiger partial charge in [0.2, 0.25) is 5.91 Å². The van der Waals surface area contributed by atoms with Crippen molar-refractivity contribution in [2.24, 2.45) is 0 Å². The second-order valence-electron chi connectivity index (χ2n) is 8.92. The Hall–Kier alpha value is -3.02. The molecule has 4 rings (SSSR count). The van der Waals surface area contributed by atoms with E-state index in [9.17, 15) is 10.1 Å². The molecule has 8 heteroatoms. The summed E-state index contributed by atoms with van der Waals surface area (Å²) in [5.41, 5.74) is 4.69. The molecular formula is C26H31N5O2S. The minimum absolute atomic E-state index is 0.107. The number of hydrogen-bond acceptors (Lipinski definition) is 5. The first kappa shape index (κ1) is 24.1. The van der Waals surface area contributed by atoms with E-state index in [0.29, 0.717) is 23.8 Å². The van der Waals surface area contributed by atoms with Crippen LogP contribution >= 0.6 is 11.8 Å². The fraction of sp³-hybridized carbons (Fsp3) is 0.423. The van der Waals surface area contributed by atoms with E-state index >= 15 is 0 Å². The number of nitrogens with one attached hydrogen (secondary N) is 1. The van der Waals surface area contributed by atoms with Gasteiger partial charge < -0.3 is 14.6 Å². The van der Waals surface area contributed by atoms with Crippen LogP contribution in [0.25, 0.3) is 5.69 Å². The molecule has 34 heavy (non-hydrogen) atoms. The van der Waals surface area contributed by atoms with Crippen LogP contribution in [0.1, 0.15) is 55.0 Å². The third-order valence-corrected chi connectivity index (χ3v) is 7.33. The zero-order valence-electron chi connectivity index (χ0n) is 20.2. The Balaban J connectivity index is 1.51. The summed E-state index contributed by atoms with van der Waals surface area (Å²) < 4.78 is 9.85. The average Bonchev–Trinajstić information content (AvgIpc) is 3.56. The second-order valence-corrected chi connectivity index (χ2v) is 9.86. The molecule has 1 amide bonds. The van der Waals surface area contributed by atoms with Gasteiger partial charge in [-0.05, 0) is 49.8 Å². The van der Waals surface area contributed by atoms with Gasteiger partial charge in [0.25, 0.3) is 0 Å². The molecule has 1 fully saturated rings. The summed E-state index contributed by atoms with van der Waals surface area (Å²) in [5.74, 6) is 0.952. The Kier molecular flexibility index (Phi) is 7.44. The third-order valence-electron chi connectivity index (χ3n) is 6.37. The van der Waals surface area contributed by atoms with Gasteiger partial charge in [0, 0.05) is 24.7 Å². The van der Waals surface area contributed by atoms with Crippen molar-refractivity contribution in [3.63, 3.8) is 0 Å². The number of nitrogens with zero attached hydrogens (tertiary/aromatic N) is 4. The third kappa shape index (κ3) is 4.91. The lowest BCUT2D eigenvalue weighted by Gasteiger charge is -2.17.